The standard InChI is InChI=1S/C12H10F3NO/c1-7-2-4-9-8(6-7)3-5-10(16-9)11(17)12(13,14)15/h2-6,11,17H,1H3. The van der Waals surface area contributed by atoms with E-state index in [4.69, 9.17) is 5.11 Å². The summed E-state index contributed by atoms with van der Waals surface area (Å²) in [6.45, 7) is 1.89. The number of nitrogens with zero attached hydrogens (tertiary/aromatic N) is 1. The van der Waals surface area contributed by atoms with Gasteiger partial charge in [0.1, 0.15) is 0 Å². The van der Waals surface area contributed by atoms with Crippen LogP contribution in [0.1, 0.15) is 17.4 Å². The van der Waals surface area contributed by atoms with Crippen molar-refractivity contribution in [3.63, 3.8) is 0 Å². The average Bonchev–Trinajstić information content (AvgIpc) is 2.26. The number of fused-ring (bicyclic) bond motifs is 1. The molecule has 0 radical (unpaired) electrons. The summed E-state index contributed by atoms with van der Waals surface area (Å²) < 4.78 is 36.9. The lowest BCUT2D eigenvalue weighted by Gasteiger charge is -2.14. The third-order valence-electron chi connectivity index (χ3n) is 2.46. The molecule has 2 rings (SSSR count). The first kappa shape index (κ1) is 11.9. The zero-order valence-corrected chi connectivity index (χ0v) is 8.99. The molecule has 90 valence electrons. The highest BCUT2D eigenvalue weighted by atomic mass is 19.4. The number of aryl methyl sites for hydroxylation is 1. The number of halogens is 3. The number of benzene rings is 1. The second-order valence-corrected chi connectivity index (χ2v) is 3.88. The summed E-state index contributed by atoms with van der Waals surface area (Å²) in [5.74, 6) is 0. The van der Waals surface area contributed by atoms with Crippen LogP contribution in [0, 0.1) is 6.92 Å². The predicted octanol–water partition coefficient (Wildman–Crippen LogP) is 3.14. The Morgan fingerprint density at radius 1 is 1.18 bits per heavy atom. The maximum absolute atomic E-state index is 12.3. The van der Waals surface area contributed by atoms with Crippen LogP contribution in [0.4, 0.5) is 13.2 Å². The first-order valence-corrected chi connectivity index (χ1v) is 5.00. The fraction of sp³-hybridized carbons (Fsp3) is 0.250. The van der Waals surface area contributed by atoms with Crippen LogP contribution < -0.4 is 0 Å². The number of hydrogen-bond acceptors (Lipinski definition) is 2. The van der Waals surface area contributed by atoms with Gasteiger partial charge in [-0.1, -0.05) is 17.7 Å². The Kier molecular flexibility index (Phi) is 2.79. The molecule has 0 aliphatic rings. The Hall–Kier alpha value is -1.62. The molecule has 2 nitrogen and oxygen atoms in total. The zero-order chi connectivity index (χ0) is 12.6. The zero-order valence-electron chi connectivity index (χ0n) is 8.99. The molecule has 0 aliphatic carbocycles. The second kappa shape index (κ2) is 4.00. The van der Waals surface area contributed by atoms with Crippen LogP contribution in [0.5, 0.6) is 0 Å². The van der Waals surface area contributed by atoms with E-state index in [0.29, 0.717) is 5.52 Å². The summed E-state index contributed by atoms with van der Waals surface area (Å²) in [7, 11) is 0. The molecule has 1 atom stereocenters. The van der Waals surface area contributed by atoms with Gasteiger partial charge in [0.2, 0.25) is 0 Å². The molecule has 0 aliphatic heterocycles. The van der Waals surface area contributed by atoms with E-state index in [2.05, 4.69) is 4.98 Å². The van der Waals surface area contributed by atoms with Crippen molar-refractivity contribution >= 4 is 10.9 Å². The van der Waals surface area contributed by atoms with E-state index < -0.39 is 12.3 Å². The highest BCUT2D eigenvalue weighted by molar-refractivity contribution is 5.79. The van der Waals surface area contributed by atoms with E-state index >= 15 is 0 Å². The highest BCUT2D eigenvalue weighted by Crippen LogP contribution is 2.32. The molecule has 0 bridgehead atoms. The van der Waals surface area contributed by atoms with Gasteiger partial charge in [-0.25, -0.2) is 4.98 Å². The Balaban J connectivity index is 2.48. The normalized spacial score (nSPS) is 13.9. The Morgan fingerprint density at radius 2 is 1.88 bits per heavy atom. The average molecular weight is 241 g/mol. The van der Waals surface area contributed by atoms with Gasteiger partial charge in [-0.2, -0.15) is 13.2 Å². The van der Waals surface area contributed by atoms with E-state index in [1.165, 1.54) is 12.1 Å². The van der Waals surface area contributed by atoms with Gasteiger partial charge in [0, 0.05) is 5.39 Å². The minimum Gasteiger partial charge on any atom is -0.378 e. The van der Waals surface area contributed by atoms with Gasteiger partial charge >= 0.3 is 6.18 Å². The Morgan fingerprint density at radius 3 is 2.53 bits per heavy atom. The van der Waals surface area contributed by atoms with Crippen LogP contribution in [0.3, 0.4) is 0 Å². The number of aliphatic hydroxyl groups is 1. The van der Waals surface area contributed by atoms with Crippen molar-refractivity contribution in [2.75, 3.05) is 0 Å². The summed E-state index contributed by atoms with van der Waals surface area (Å²) in [5, 5.41) is 9.84. The van der Waals surface area contributed by atoms with E-state index in [0.717, 1.165) is 10.9 Å². The van der Waals surface area contributed by atoms with E-state index in [-0.39, 0.29) is 5.69 Å². The first-order valence-electron chi connectivity index (χ1n) is 5.00. The van der Waals surface area contributed by atoms with Crippen molar-refractivity contribution in [1.29, 1.82) is 0 Å². The molecule has 1 aromatic heterocycles. The largest absolute Gasteiger partial charge is 0.420 e. The summed E-state index contributed by atoms with van der Waals surface area (Å²) in [5.41, 5.74) is 1.06. The van der Waals surface area contributed by atoms with Crippen molar-refractivity contribution < 1.29 is 18.3 Å². The monoisotopic (exact) mass is 241 g/mol. The molecule has 0 amide bonds. The third kappa shape index (κ3) is 2.39. The molecule has 1 N–H and O–H groups in total. The van der Waals surface area contributed by atoms with Gasteiger partial charge in [0.05, 0.1) is 11.2 Å². The predicted molar refractivity (Wildman–Crippen MR) is 57.5 cm³/mol. The minimum atomic E-state index is -4.69. The smallest absolute Gasteiger partial charge is 0.378 e. The lowest BCUT2D eigenvalue weighted by atomic mass is 10.1. The molecule has 0 spiro atoms. The van der Waals surface area contributed by atoms with Gasteiger partial charge in [-0.15, -0.1) is 0 Å². The van der Waals surface area contributed by atoms with Gasteiger partial charge in [0.15, 0.2) is 6.10 Å². The number of alkyl halides is 3. The third-order valence-corrected chi connectivity index (χ3v) is 2.46. The summed E-state index contributed by atoms with van der Waals surface area (Å²) in [4.78, 5) is 3.81. The lowest BCUT2D eigenvalue weighted by molar-refractivity contribution is -0.207. The number of pyridine rings is 1. The molecule has 1 unspecified atom stereocenters. The Labute approximate surface area is 95.7 Å². The fourth-order valence-corrected chi connectivity index (χ4v) is 1.58. The molecule has 0 saturated carbocycles. The molecule has 0 saturated heterocycles. The van der Waals surface area contributed by atoms with Crippen LogP contribution in [-0.4, -0.2) is 16.3 Å². The summed E-state index contributed by atoms with van der Waals surface area (Å²) in [6.07, 6.45) is -7.22. The molecule has 0 fully saturated rings. The van der Waals surface area contributed by atoms with Crippen molar-refractivity contribution in [1.82, 2.24) is 4.98 Å². The first-order chi connectivity index (χ1) is 7.88. The van der Waals surface area contributed by atoms with Crippen molar-refractivity contribution in [2.24, 2.45) is 0 Å². The molecular formula is C12H10F3NO. The molecular weight excluding hydrogens is 231 g/mol. The maximum atomic E-state index is 12.3. The van der Waals surface area contributed by atoms with Crippen LogP contribution in [-0.2, 0) is 0 Å². The molecule has 1 heterocycles. The van der Waals surface area contributed by atoms with Crippen LogP contribution in [0.2, 0.25) is 0 Å². The van der Waals surface area contributed by atoms with E-state index in [1.807, 2.05) is 13.0 Å². The van der Waals surface area contributed by atoms with E-state index in [9.17, 15) is 13.2 Å². The molecule has 5 heteroatoms. The highest BCUT2D eigenvalue weighted by Gasteiger charge is 2.40. The quantitative estimate of drug-likeness (QED) is 0.832. The van der Waals surface area contributed by atoms with Gasteiger partial charge in [-0.05, 0) is 25.1 Å². The number of rotatable bonds is 1. The fourth-order valence-electron chi connectivity index (χ4n) is 1.58. The van der Waals surface area contributed by atoms with E-state index in [1.54, 1.807) is 12.1 Å². The molecule has 2 aromatic rings. The molecule has 1 aromatic carbocycles. The lowest BCUT2D eigenvalue weighted by Crippen LogP contribution is -2.21. The summed E-state index contributed by atoms with van der Waals surface area (Å²) >= 11 is 0. The maximum Gasteiger partial charge on any atom is 0.420 e. The van der Waals surface area contributed by atoms with Crippen LogP contribution >= 0.6 is 0 Å². The Bertz CT molecular complexity index is 551. The second-order valence-electron chi connectivity index (χ2n) is 3.88. The number of aliphatic hydroxyl groups excluding tert-OH is 1. The van der Waals surface area contributed by atoms with Crippen molar-refractivity contribution in [3.8, 4) is 0 Å². The summed E-state index contributed by atoms with van der Waals surface area (Å²) in [6, 6.07) is 7.95. The SMILES string of the molecule is Cc1ccc2nc(C(O)C(F)(F)F)ccc2c1. The van der Waals surface area contributed by atoms with Gasteiger partial charge in [-0.3, -0.25) is 0 Å². The number of hydrogen-bond donors (Lipinski definition) is 1. The molecule has 17 heavy (non-hydrogen) atoms. The van der Waals surface area contributed by atoms with Crippen LogP contribution in [0.15, 0.2) is 30.3 Å². The van der Waals surface area contributed by atoms with Crippen molar-refractivity contribution in [2.45, 2.75) is 19.2 Å². The minimum absolute atomic E-state index is 0.381. The van der Waals surface area contributed by atoms with Gasteiger partial charge in [0.25, 0.3) is 0 Å². The number of aromatic nitrogens is 1. The van der Waals surface area contributed by atoms with Crippen molar-refractivity contribution in [3.05, 3.63) is 41.6 Å². The van der Waals surface area contributed by atoms with Gasteiger partial charge < -0.3 is 5.11 Å². The van der Waals surface area contributed by atoms with Crippen LogP contribution in [0.25, 0.3) is 10.9 Å². The topological polar surface area (TPSA) is 33.1 Å².